The van der Waals surface area contributed by atoms with E-state index in [2.05, 4.69) is 16.6 Å². The molecule has 0 aliphatic heterocycles. The van der Waals surface area contributed by atoms with Gasteiger partial charge in [-0.2, -0.15) is 0 Å². The van der Waals surface area contributed by atoms with Gasteiger partial charge in [0.05, 0.1) is 12.3 Å². The molecule has 0 radical (unpaired) electrons. The summed E-state index contributed by atoms with van der Waals surface area (Å²) in [5.41, 5.74) is 5.91. The first-order valence-electron chi connectivity index (χ1n) is 5.96. The lowest BCUT2D eigenvalue weighted by atomic mass is 10.0. The standard InChI is InChI=1S/C13H20N2O2S2/c1-13(2,3)10-19(16,17)15-9-12-11(5-4-7-14)6-8-18-12/h6,8,15H,7,9-10,14H2,1-3H3. The molecule has 0 fully saturated rings. The number of hydrogen-bond donors (Lipinski definition) is 2. The second kappa shape index (κ2) is 6.53. The Balaban J connectivity index is 2.70. The molecular formula is C13H20N2O2S2. The molecule has 6 heteroatoms. The first-order valence-corrected chi connectivity index (χ1v) is 8.49. The molecule has 1 heterocycles. The van der Waals surface area contributed by atoms with Crippen LogP contribution in [0.1, 0.15) is 31.2 Å². The zero-order valence-corrected chi connectivity index (χ0v) is 13.1. The third kappa shape index (κ3) is 6.21. The predicted octanol–water partition coefficient (Wildman–Crippen LogP) is 1.52. The van der Waals surface area contributed by atoms with Gasteiger partial charge in [-0.3, -0.25) is 0 Å². The summed E-state index contributed by atoms with van der Waals surface area (Å²) in [4.78, 5) is 0.915. The van der Waals surface area contributed by atoms with Gasteiger partial charge in [-0.05, 0) is 16.9 Å². The monoisotopic (exact) mass is 300 g/mol. The highest BCUT2D eigenvalue weighted by Crippen LogP contribution is 2.18. The molecule has 1 rings (SSSR count). The van der Waals surface area contributed by atoms with Crippen LogP contribution in [0.4, 0.5) is 0 Å². The van der Waals surface area contributed by atoms with E-state index in [9.17, 15) is 8.42 Å². The van der Waals surface area contributed by atoms with Gasteiger partial charge in [-0.15, -0.1) is 11.3 Å². The molecule has 0 unspecified atom stereocenters. The lowest BCUT2D eigenvalue weighted by Gasteiger charge is -2.18. The fourth-order valence-electron chi connectivity index (χ4n) is 1.53. The topological polar surface area (TPSA) is 72.2 Å². The maximum absolute atomic E-state index is 11.9. The summed E-state index contributed by atoms with van der Waals surface area (Å²) < 4.78 is 26.4. The van der Waals surface area contributed by atoms with Gasteiger partial charge in [0.2, 0.25) is 10.0 Å². The Morgan fingerprint density at radius 1 is 1.42 bits per heavy atom. The van der Waals surface area contributed by atoms with Crippen LogP contribution < -0.4 is 10.5 Å². The summed E-state index contributed by atoms with van der Waals surface area (Å²) in [5, 5.41) is 1.90. The van der Waals surface area contributed by atoms with Gasteiger partial charge < -0.3 is 5.73 Å². The van der Waals surface area contributed by atoms with Crippen LogP contribution in [0.2, 0.25) is 0 Å². The van der Waals surface area contributed by atoms with Crippen molar-refractivity contribution in [1.82, 2.24) is 4.72 Å². The van der Waals surface area contributed by atoms with Crippen molar-refractivity contribution in [2.75, 3.05) is 12.3 Å². The number of nitrogens with one attached hydrogen (secondary N) is 1. The van der Waals surface area contributed by atoms with Crippen molar-refractivity contribution in [3.63, 3.8) is 0 Å². The normalized spacial score (nSPS) is 12.0. The van der Waals surface area contributed by atoms with Crippen LogP contribution in [0.5, 0.6) is 0 Å². The fourth-order valence-corrected chi connectivity index (χ4v) is 4.00. The first-order chi connectivity index (χ1) is 8.73. The molecule has 0 bridgehead atoms. The molecule has 1 aromatic rings. The minimum absolute atomic E-state index is 0.106. The Morgan fingerprint density at radius 3 is 2.68 bits per heavy atom. The molecule has 0 spiro atoms. The van der Waals surface area contributed by atoms with Crippen LogP contribution >= 0.6 is 11.3 Å². The Morgan fingerprint density at radius 2 is 2.11 bits per heavy atom. The molecule has 0 amide bonds. The van der Waals surface area contributed by atoms with Crippen LogP contribution in [0, 0.1) is 17.3 Å². The van der Waals surface area contributed by atoms with Crippen molar-refractivity contribution in [3.8, 4) is 11.8 Å². The van der Waals surface area contributed by atoms with E-state index >= 15 is 0 Å². The first kappa shape index (κ1) is 16.2. The summed E-state index contributed by atoms with van der Waals surface area (Å²) in [6, 6.07) is 1.88. The molecule has 1 aromatic heterocycles. The third-order valence-electron chi connectivity index (χ3n) is 2.15. The van der Waals surface area contributed by atoms with Gasteiger partial charge in [-0.1, -0.05) is 32.6 Å². The fraction of sp³-hybridized carbons (Fsp3) is 0.538. The van der Waals surface area contributed by atoms with Crippen LogP contribution in [0.25, 0.3) is 0 Å². The maximum atomic E-state index is 11.9. The molecule has 0 atom stereocenters. The molecule has 0 aliphatic carbocycles. The molecule has 106 valence electrons. The summed E-state index contributed by atoms with van der Waals surface area (Å²) in [7, 11) is -3.27. The zero-order valence-electron chi connectivity index (χ0n) is 11.5. The summed E-state index contributed by atoms with van der Waals surface area (Å²) >= 11 is 1.49. The SMILES string of the molecule is CC(C)(C)CS(=O)(=O)NCc1sccc1C#CCN. The molecule has 0 aliphatic rings. The zero-order chi connectivity index (χ0) is 14.5. The van der Waals surface area contributed by atoms with E-state index in [0.717, 1.165) is 10.4 Å². The van der Waals surface area contributed by atoms with Crippen LogP contribution in [0.15, 0.2) is 11.4 Å². The van der Waals surface area contributed by atoms with E-state index in [-0.39, 0.29) is 17.7 Å². The molecular weight excluding hydrogens is 280 g/mol. The van der Waals surface area contributed by atoms with Crippen molar-refractivity contribution >= 4 is 21.4 Å². The van der Waals surface area contributed by atoms with Gasteiger partial charge >= 0.3 is 0 Å². The van der Waals surface area contributed by atoms with Crippen molar-refractivity contribution in [2.24, 2.45) is 11.1 Å². The summed E-state index contributed by atoms with van der Waals surface area (Å²) in [6.45, 7) is 6.27. The third-order valence-corrected chi connectivity index (χ3v) is 4.90. The highest BCUT2D eigenvalue weighted by molar-refractivity contribution is 7.89. The van der Waals surface area contributed by atoms with Crippen molar-refractivity contribution < 1.29 is 8.42 Å². The highest BCUT2D eigenvalue weighted by Gasteiger charge is 2.21. The van der Waals surface area contributed by atoms with E-state index in [0.29, 0.717) is 6.54 Å². The van der Waals surface area contributed by atoms with Crippen molar-refractivity contribution in [3.05, 3.63) is 21.9 Å². The van der Waals surface area contributed by atoms with Gasteiger partial charge in [-0.25, -0.2) is 13.1 Å². The molecule has 0 saturated heterocycles. The van der Waals surface area contributed by atoms with E-state index in [1.54, 1.807) is 0 Å². The second-order valence-electron chi connectivity index (χ2n) is 5.40. The van der Waals surface area contributed by atoms with Crippen LogP contribution in [0.3, 0.4) is 0 Å². The number of rotatable bonds is 4. The predicted molar refractivity (Wildman–Crippen MR) is 80.3 cm³/mol. The Hall–Kier alpha value is -0.870. The lowest BCUT2D eigenvalue weighted by Crippen LogP contribution is -2.31. The van der Waals surface area contributed by atoms with E-state index in [1.165, 1.54) is 11.3 Å². The second-order valence-corrected chi connectivity index (χ2v) is 8.21. The van der Waals surface area contributed by atoms with Crippen molar-refractivity contribution in [1.29, 1.82) is 0 Å². The van der Waals surface area contributed by atoms with Crippen LogP contribution in [-0.4, -0.2) is 20.7 Å². The molecule has 3 N–H and O–H groups in total. The van der Waals surface area contributed by atoms with Crippen LogP contribution in [-0.2, 0) is 16.6 Å². The summed E-state index contributed by atoms with van der Waals surface area (Å²) in [6.07, 6.45) is 0. The Bertz CT molecular complexity index is 572. The average molecular weight is 300 g/mol. The Labute approximate surface area is 119 Å². The lowest BCUT2D eigenvalue weighted by molar-refractivity contribution is 0.458. The molecule has 0 aromatic carbocycles. The average Bonchev–Trinajstić information content (AvgIpc) is 2.67. The van der Waals surface area contributed by atoms with E-state index in [4.69, 9.17) is 5.73 Å². The van der Waals surface area contributed by atoms with Gasteiger partial charge in [0.15, 0.2) is 0 Å². The van der Waals surface area contributed by atoms with E-state index in [1.807, 2.05) is 32.2 Å². The van der Waals surface area contributed by atoms with Crippen molar-refractivity contribution in [2.45, 2.75) is 27.3 Å². The number of thiophene rings is 1. The molecule has 4 nitrogen and oxygen atoms in total. The maximum Gasteiger partial charge on any atom is 0.212 e. The Kier molecular flexibility index (Phi) is 5.56. The minimum Gasteiger partial charge on any atom is -0.320 e. The number of nitrogens with two attached hydrogens (primary N) is 1. The van der Waals surface area contributed by atoms with Gasteiger partial charge in [0, 0.05) is 17.0 Å². The summed E-state index contributed by atoms with van der Waals surface area (Å²) in [5.74, 6) is 5.82. The highest BCUT2D eigenvalue weighted by atomic mass is 32.2. The largest absolute Gasteiger partial charge is 0.320 e. The number of hydrogen-bond acceptors (Lipinski definition) is 4. The molecule has 0 saturated carbocycles. The van der Waals surface area contributed by atoms with Gasteiger partial charge in [0.1, 0.15) is 0 Å². The smallest absolute Gasteiger partial charge is 0.212 e. The molecule has 19 heavy (non-hydrogen) atoms. The number of sulfonamides is 1. The van der Waals surface area contributed by atoms with E-state index < -0.39 is 10.0 Å². The van der Waals surface area contributed by atoms with Gasteiger partial charge in [0.25, 0.3) is 0 Å². The minimum atomic E-state index is -3.27. The quantitative estimate of drug-likeness (QED) is 0.828.